The van der Waals surface area contributed by atoms with E-state index in [2.05, 4.69) is 5.32 Å². The molecule has 1 aromatic carbocycles. The van der Waals surface area contributed by atoms with Gasteiger partial charge in [0.2, 0.25) is 5.91 Å². The molecule has 4 heteroatoms. The molecule has 1 amide bonds. The first-order chi connectivity index (χ1) is 9.22. The number of carbonyl (C=O) groups excluding carboxylic acids is 1. The number of para-hydroxylation sites is 1. The van der Waals surface area contributed by atoms with Gasteiger partial charge in [-0.2, -0.15) is 0 Å². The van der Waals surface area contributed by atoms with E-state index in [-0.39, 0.29) is 5.91 Å². The maximum Gasteiger partial charge on any atom is 0.219 e. The van der Waals surface area contributed by atoms with Crippen LogP contribution in [-0.4, -0.2) is 26.7 Å². The normalized spacial score (nSPS) is 10.1. The molecule has 0 fully saturated rings. The summed E-state index contributed by atoms with van der Waals surface area (Å²) in [7, 11) is 3.27. The van der Waals surface area contributed by atoms with Gasteiger partial charge in [-0.15, -0.1) is 0 Å². The zero-order valence-corrected chi connectivity index (χ0v) is 12.0. The van der Waals surface area contributed by atoms with Crippen LogP contribution < -0.4 is 14.8 Å². The molecule has 0 aliphatic rings. The molecule has 0 aliphatic carbocycles. The van der Waals surface area contributed by atoms with E-state index in [1.807, 2.05) is 25.1 Å². The molecule has 1 rings (SSSR count). The van der Waals surface area contributed by atoms with Crippen molar-refractivity contribution < 1.29 is 14.3 Å². The Bertz CT molecular complexity index is 404. The zero-order chi connectivity index (χ0) is 14.1. The average Bonchev–Trinajstić information content (AvgIpc) is 2.43. The summed E-state index contributed by atoms with van der Waals surface area (Å²) in [6.07, 6.45) is 3.23. The van der Waals surface area contributed by atoms with Crippen molar-refractivity contribution in [1.29, 1.82) is 0 Å². The minimum Gasteiger partial charge on any atom is -0.493 e. The van der Waals surface area contributed by atoms with Crippen LogP contribution in [0, 0.1) is 0 Å². The number of nitrogens with one attached hydrogen (secondary N) is 1. The van der Waals surface area contributed by atoms with Crippen molar-refractivity contribution in [1.82, 2.24) is 5.32 Å². The maximum absolute atomic E-state index is 11.3. The molecule has 106 valence electrons. The number of benzene rings is 1. The second-order valence-electron chi connectivity index (χ2n) is 4.36. The van der Waals surface area contributed by atoms with Gasteiger partial charge in [0.15, 0.2) is 11.5 Å². The van der Waals surface area contributed by atoms with Gasteiger partial charge in [0.1, 0.15) is 0 Å². The molecule has 0 bridgehead atoms. The molecule has 1 aromatic rings. The molecule has 0 saturated carbocycles. The van der Waals surface area contributed by atoms with Gasteiger partial charge >= 0.3 is 0 Å². The number of methoxy groups -OCH3 is 2. The quantitative estimate of drug-likeness (QED) is 0.735. The summed E-state index contributed by atoms with van der Waals surface area (Å²) in [5, 5.41) is 2.91. The maximum atomic E-state index is 11.3. The van der Waals surface area contributed by atoms with E-state index >= 15 is 0 Å². The number of hydrogen-bond donors (Lipinski definition) is 1. The van der Waals surface area contributed by atoms with Crippen LogP contribution in [0.3, 0.4) is 0 Å². The Balaban J connectivity index is 2.47. The van der Waals surface area contributed by atoms with Crippen molar-refractivity contribution in [2.24, 2.45) is 0 Å². The Labute approximate surface area is 115 Å². The number of rotatable bonds is 8. The second kappa shape index (κ2) is 8.40. The van der Waals surface area contributed by atoms with Gasteiger partial charge in [-0.1, -0.05) is 19.1 Å². The Morgan fingerprint density at radius 1 is 1.26 bits per heavy atom. The molecule has 1 N–H and O–H groups in total. The van der Waals surface area contributed by atoms with Gasteiger partial charge in [0.05, 0.1) is 14.2 Å². The first-order valence-corrected chi connectivity index (χ1v) is 6.69. The van der Waals surface area contributed by atoms with Gasteiger partial charge in [-0.3, -0.25) is 4.79 Å². The Hall–Kier alpha value is -1.71. The van der Waals surface area contributed by atoms with E-state index in [0.29, 0.717) is 13.0 Å². The minimum absolute atomic E-state index is 0.125. The summed E-state index contributed by atoms with van der Waals surface area (Å²) in [6, 6.07) is 5.85. The largest absolute Gasteiger partial charge is 0.493 e. The SMILES string of the molecule is CCCC(=O)NCCCc1cccc(OC)c1OC. The molecular formula is C15H23NO3. The third-order valence-corrected chi connectivity index (χ3v) is 2.91. The topological polar surface area (TPSA) is 47.6 Å². The molecule has 0 saturated heterocycles. The highest BCUT2D eigenvalue weighted by Crippen LogP contribution is 2.31. The number of aryl methyl sites for hydroxylation is 1. The van der Waals surface area contributed by atoms with Crippen LogP contribution in [0.4, 0.5) is 0 Å². The highest BCUT2D eigenvalue weighted by Gasteiger charge is 2.08. The first-order valence-electron chi connectivity index (χ1n) is 6.69. The fourth-order valence-electron chi connectivity index (χ4n) is 1.97. The fraction of sp³-hybridized carbons (Fsp3) is 0.533. The molecule has 0 unspecified atom stereocenters. The first kappa shape index (κ1) is 15.3. The lowest BCUT2D eigenvalue weighted by molar-refractivity contribution is -0.121. The van der Waals surface area contributed by atoms with Crippen LogP contribution >= 0.6 is 0 Å². The number of carbonyl (C=O) groups is 1. The molecule has 0 spiro atoms. The van der Waals surface area contributed by atoms with Crippen LogP contribution in [0.1, 0.15) is 31.7 Å². The van der Waals surface area contributed by atoms with Crippen LogP contribution in [-0.2, 0) is 11.2 Å². The molecule has 0 heterocycles. The number of ether oxygens (including phenoxy) is 2. The van der Waals surface area contributed by atoms with Crippen LogP contribution in [0.25, 0.3) is 0 Å². The number of hydrogen-bond acceptors (Lipinski definition) is 3. The molecule has 0 atom stereocenters. The summed E-state index contributed by atoms with van der Waals surface area (Å²) in [6.45, 7) is 2.69. The van der Waals surface area contributed by atoms with Gasteiger partial charge < -0.3 is 14.8 Å². The Morgan fingerprint density at radius 2 is 2.05 bits per heavy atom. The predicted octanol–water partition coefficient (Wildman–Crippen LogP) is 2.55. The van der Waals surface area contributed by atoms with Crippen molar-refractivity contribution >= 4 is 5.91 Å². The summed E-state index contributed by atoms with van der Waals surface area (Å²) >= 11 is 0. The van der Waals surface area contributed by atoms with Crippen molar-refractivity contribution in [2.75, 3.05) is 20.8 Å². The lowest BCUT2D eigenvalue weighted by Crippen LogP contribution is -2.24. The van der Waals surface area contributed by atoms with E-state index < -0.39 is 0 Å². The highest BCUT2D eigenvalue weighted by atomic mass is 16.5. The monoisotopic (exact) mass is 265 g/mol. The smallest absolute Gasteiger partial charge is 0.219 e. The summed E-state index contributed by atoms with van der Waals surface area (Å²) < 4.78 is 10.6. The van der Waals surface area contributed by atoms with Crippen LogP contribution in [0.15, 0.2) is 18.2 Å². The molecule has 0 aliphatic heterocycles. The zero-order valence-electron chi connectivity index (χ0n) is 12.0. The average molecular weight is 265 g/mol. The molecular weight excluding hydrogens is 242 g/mol. The fourth-order valence-corrected chi connectivity index (χ4v) is 1.97. The van der Waals surface area contributed by atoms with Crippen molar-refractivity contribution in [3.05, 3.63) is 23.8 Å². The summed E-state index contributed by atoms with van der Waals surface area (Å²) in [5.74, 6) is 1.65. The highest BCUT2D eigenvalue weighted by molar-refractivity contribution is 5.75. The third kappa shape index (κ3) is 4.81. The van der Waals surface area contributed by atoms with Crippen LogP contribution in [0.2, 0.25) is 0 Å². The van der Waals surface area contributed by atoms with Gasteiger partial charge in [-0.05, 0) is 30.9 Å². The molecule has 19 heavy (non-hydrogen) atoms. The van der Waals surface area contributed by atoms with Crippen molar-refractivity contribution in [2.45, 2.75) is 32.6 Å². The lowest BCUT2D eigenvalue weighted by atomic mass is 10.1. The van der Waals surface area contributed by atoms with Crippen molar-refractivity contribution in [3.8, 4) is 11.5 Å². The number of amides is 1. The molecule has 4 nitrogen and oxygen atoms in total. The van der Waals surface area contributed by atoms with E-state index in [1.165, 1.54) is 0 Å². The summed E-state index contributed by atoms with van der Waals surface area (Å²) in [4.78, 5) is 11.3. The molecule has 0 aromatic heterocycles. The lowest BCUT2D eigenvalue weighted by Gasteiger charge is -2.12. The van der Waals surface area contributed by atoms with Gasteiger partial charge in [0.25, 0.3) is 0 Å². The molecule has 0 radical (unpaired) electrons. The van der Waals surface area contributed by atoms with E-state index in [4.69, 9.17) is 9.47 Å². The second-order valence-corrected chi connectivity index (χ2v) is 4.36. The Morgan fingerprint density at radius 3 is 2.68 bits per heavy atom. The third-order valence-electron chi connectivity index (χ3n) is 2.91. The van der Waals surface area contributed by atoms with Gasteiger partial charge in [0, 0.05) is 13.0 Å². The van der Waals surface area contributed by atoms with E-state index in [0.717, 1.165) is 36.3 Å². The minimum atomic E-state index is 0.125. The predicted molar refractivity (Wildman–Crippen MR) is 75.8 cm³/mol. The van der Waals surface area contributed by atoms with Crippen molar-refractivity contribution in [3.63, 3.8) is 0 Å². The van der Waals surface area contributed by atoms with Crippen LogP contribution in [0.5, 0.6) is 11.5 Å². The van der Waals surface area contributed by atoms with E-state index in [9.17, 15) is 4.79 Å². The standard InChI is InChI=1S/C15H23NO3/c1-4-7-14(17)16-11-6-9-12-8-5-10-13(18-2)15(12)19-3/h5,8,10H,4,6-7,9,11H2,1-3H3,(H,16,17). The van der Waals surface area contributed by atoms with E-state index in [1.54, 1.807) is 14.2 Å². The van der Waals surface area contributed by atoms with Gasteiger partial charge in [-0.25, -0.2) is 0 Å². The summed E-state index contributed by atoms with van der Waals surface area (Å²) in [5.41, 5.74) is 1.10. The Kier molecular flexibility index (Phi) is 6.79.